The van der Waals surface area contributed by atoms with Gasteiger partial charge in [0.05, 0.1) is 12.0 Å². The molecule has 0 saturated carbocycles. The van der Waals surface area contributed by atoms with E-state index in [1.165, 1.54) is 18.5 Å². The van der Waals surface area contributed by atoms with Crippen LogP contribution in [0.5, 0.6) is 0 Å². The summed E-state index contributed by atoms with van der Waals surface area (Å²) in [5.41, 5.74) is 0.851. The average molecular weight is 611 g/mol. The van der Waals surface area contributed by atoms with Crippen molar-refractivity contribution in [1.82, 2.24) is 14.5 Å². The smallest absolute Gasteiger partial charge is 0.194 e. The van der Waals surface area contributed by atoms with E-state index in [4.69, 9.17) is 41.8 Å². The highest BCUT2D eigenvalue weighted by atomic mass is 35.5. The second kappa shape index (κ2) is 10.4. The number of halogens is 3. The van der Waals surface area contributed by atoms with E-state index in [-0.39, 0.29) is 22.8 Å². The molecule has 0 N–H and O–H groups in total. The summed E-state index contributed by atoms with van der Waals surface area (Å²) < 4.78 is 42.4. The number of ketones is 1. The highest BCUT2D eigenvalue weighted by Gasteiger charge is 2.58. The summed E-state index contributed by atoms with van der Waals surface area (Å²) in [5, 5.41) is 1.17. The average Bonchev–Trinajstić information content (AvgIpc) is 3.52. The van der Waals surface area contributed by atoms with Crippen molar-refractivity contribution in [2.24, 2.45) is 0 Å². The van der Waals surface area contributed by atoms with Crippen molar-refractivity contribution < 1.29 is 27.8 Å². The van der Waals surface area contributed by atoms with E-state index >= 15 is 4.39 Å². The number of carbonyl (C=O) groups excluding carboxylic acids is 1. The first-order valence-electron chi connectivity index (χ1n) is 13.2. The highest BCUT2D eigenvalue weighted by molar-refractivity contribution is 6.74. The summed E-state index contributed by atoms with van der Waals surface area (Å²) in [4.78, 5) is 22.5. The molecule has 4 heterocycles. The van der Waals surface area contributed by atoms with Gasteiger partial charge in [0.2, 0.25) is 0 Å². The number of nitrogens with zero attached hydrogens (tertiary/aromatic N) is 3. The van der Waals surface area contributed by atoms with Crippen LogP contribution >= 0.6 is 23.2 Å². The van der Waals surface area contributed by atoms with Gasteiger partial charge in [0.15, 0.2) is 32.2 Å². The van der Waals surface area contributed by atoms with Crippen LogP contribution in [0.25, 0.3) is 11.0 Å². The predicted octanol–water partition coefficient (Wildman–Crippen LogP) is 7.07. The molecule has 0 amide bonds. The molecule has 2 saturated heterocycles. The van der Waals surface area contributed by atoms with Crippen LogP contribution in [0.1, 0.15) is 62.9 Å². The molecular weight excluding hydrogens is 576 g/mol. The van der Waals surface area contributed by atoms with Crippen LogP contribution in [0.4, 0.5) is 4.39 Å². The number of alkyl halides is 1. The lowest BCUT2D eigenvalue weighted by Gasteiger charge is -2.36. The van der Waals surface area contributed by atoms with E-state index in [2.05, 4.69) is 43.8 Å². The quantitative estimate of drug-likeness (QED) is 0.161. The largest absolute Gasteiger partial charge is 0.414 e. The van der Waals surface area contributed by atoms with Gasteiger partial charge in [0.25, 0.3) is 0 Å². The molecule has 2 fully saturated rings. The zero-order valence-electron chi connectivity index (χ0n) is 23.6. The maximum atomic E-state index is 15.8. The molecule has 2 aliphatic heterocycles. The summed E-state index contributed by atoms with van der Waals surface area (Å²) in [6, 6.07) is 6.35. The normalized spacial score (nSPS) is 25.4. The number of aromatic nitrogens is 3. The Hall–Kier alpha value is -1.92. The summed E-state index contributed by atoms with van der Waals surface area (Å²) in [6.07, 6.45) is -1.64. The molecule has 8 nitrogen and oxygen atoms in total. The van der Waals surface area contributed by atoms with Gasteiger partial charge >= 0.3 is 0 Å². The Morgan fingerprint density at radius 2 is 1.88 bits per heavy atom. The van der Waals surface area contributed by atoms with Gasteiger partial charge in [-0.1, -0.05) is 44.0 Å². The molecule has 0 radical (unpaired) electrons. The molecule has 1 aromatic carbocycles. The minimum Gasteiger partial charge on any atom is -0.414 e. The first-order chi connectivity index (χ1) is 18.6. The van der Waals surface area contributed by atoms with Gasteiger partial charge < -0.3 is 23.2 Å². The number of ether oxygens (including phenoxy) is 3. The van der Waals surface area contributed by atoms with Crippen LogP contribution in [0, 0.1) is 0 Å². The van der Waals surface area contributed by atoms with Crippen molar-refractivity contribution in [3.05, 3.63) is 58.1 Å². The number of rotatable bonds is 7. The fourth-order valence-electron chi connectivity index (χ4n) is 4.92. The molecule has 5 rings (SSSR count). The van der Waals surface area contributed by atoms with Gasteiger partial charge in [-0.2, -0.15) is 0 Å². The third-order valence-electron chi connectivity index (χ3n) is 8.04. The van der Waals surface area contributed by atoms with Gasteiger partial charge in [-0.25, -0.2) is 14.4 Å². The second-order valence-corrected chi connectivity index (χ2v) is 17.9. The minimum atomic E-state index is -2.23. The second-order valence-electron chi connectivity index (χ2n) is 12.3. The minimum absolute atomic E-state index is 0.0915. The number of Topliss-reactive ketones (excluding diaryl/α,β-unsaturated/α-hetero) is 1. The van der Waals surface area contributed by atoms with E-state index in [0.717, 1.165) is 0 Å². The van der Waals surface area contributed by atoms with Crippen LogP contribution < -0.4 is 0 Å². The van der Waals surface area contributed by atoms with Crippen molar-refractivity contribution >= 4 is 48.3 Å². The van der Waals surface area contributed by atoms with Crippen LogP contribution in [-0.4, -0.2) is 59.3 Å². The van der Waals surface area contributed by atoms with Crippen molar-refractivity contribution in [3.63, 3.8) is 0 Å². The van der Waals surface area contributed by atoms with Gasteiger partial charge in [0, 0.05) is 22.3 Å². The third kappa shape index (κ3) is 5.35. The Kier molecular flexibility index (Phi) is 7.70. The maximum absolute atomic E-state index is 15.8. The van der Waals surface area contributed by atoms with Crippen molar-refractivity contribution in [1.29, 1.82) is 0 Å². The monoisotopic (exact) mass is 609 g/mol. The molecular formula is C28H34Cl2FN3O5Si. The number of benzene rings is 1. The Balaban J connectivity index is 1.47. The van der Waals surface area contributed by atoms with E-state index in [0.29, 0.717) is 21.2 Å². The van der Waals surface area contributed by atoms with E-state index in [9.17, 15) is 4.79 Å². The lowest BCUT2D eigenvalue weighted by atomic mass is 9.94. The van der Waals surface area contributed by atoms with Gasteiger partial charge in [-0.15, -0.1) is 0 Å². The van der Waals surface area contributed by atoms with E-state index < -0.39 is 50.6 Å². The summed E-state index contributed by atoms with van der Waals surface area (Å²) in [6.45, 7) is 13.7. The fourth-order valence-corrected chi connectivity index (χ4v) is 6.28. The van der Waals surface area contributed by atoms with Crippen LogP contribution in [0.3, 0.4) is 0 Å². The Morgan fingerprint density at radius 1 is 1.18 bits per heavy atom. The Labute approximate surface area is 244 Å². The molecule has 5 atom stereocenters. The van der Waals surface area contributed by atoms with E-state index in [1.54, 1.807) is 36.7 Å². The van der Waals surface area contributed by atoms with Gasteiger partial charge in [-0.3, -0.25) is 4.79 Å². The third-order valence-corrected chi connectivity index (χ3v) is 13.1. The maximum Gasteiger partial charge on any atom is 0.194 e. The number of hydrogen-bond acceptors (Lipinski definition) is 7. The Bertz CT molecular complexity index is 1440. The van der Waals surface area contributed by atoms with E-state index in [1.807, 2.05) is 0 Å². The molecule has 12 heteroatoms. The lowest BCUT2D eigenvalue weighted by molar-refractivity contribution is -0.190. The standard InChI is InChI=1S/C28H34Cl2FN3O5Si/c1-27(2,3)40(6,7)36-13-19(31)18-12-15(29)8-9-16(18)20(35)21-22-23(39-28(4,5)38-22)26(37-21)34-11-10-17-24(30)32-14-33-25(17)34/h8-12,14,19,21-23,26H,13H2,1-7H3/t19-,21+,22+,23+,26?/m0/s1. The highest BCUT2D eigenvalue weighted by Crippen LogP contribution is 2.45. The summed E-state index contributed by atoms with van der Waals surface area (Å²) in [5.74, 6) is -1.39. The van der Waals surface area contributed by atoms with Crippen LogP contribution in [0.15, 0.2) is 36.8 Å². The van der Waals surface area contributed by atoms with Crippen molar-refractivity contribution in [3.8, 4) is 0 Å². The van der Waals surface area contributed by atoms with Crippen molar-refractivity contribution in [2.45, 2.75) is 89.2 Å². The zero-order valence-corrected chi connectivity index (χ0v) is 26.1. The Morgan fingerprint density at radius 3 is 2.58 bits per heavy atom. The molecule has 1 unspecified atom stereocenters. The van der Waals surface area contributed by atoms with Gasteiger partial charge in [-0.05, 0) is 56.2 Å². The molecule has 3 aromatic rings. The number of hydrogen-bond donors (Lipinski definition) is 0. The fraction of sp³-hybridized carbons (Fsp3) is 0.536. The molecule has 40 heavy (non-hydrogen) atoms. The van der Waals surface area contributed by atoms with Crippen LogP contribution in [0.2, 0.25) is 28.3 Å². The molecule has 216 valence electrons. The topological polar surface area (TPSA) is 84.7 Å². The zero-order chi connectivity index (χ0) is 29.2. The molecule has 0 bridgehead atoms. The predicted molar refractivity (Wildman–Crippen MR) is 153 cm³/mol. The lowest BCUT2D eigenvalue weighted by Crippen LogP contribution is -2.41. The first kappa shape index (κ1) is 29.6. The number of fused-ring (bicyclic) bond motifs is 2. The summed E-state index contributed by atoms with van der Waals surface area (Å²) >= 11 is 12.5. The summed E-state index contributed by atoms with van der Waals surface area (Å²) in [7, 11) is -2.23. The molecule has 0 aliphatic carbocycles. The molecule has 2 aliphatic rings. The first-order valence-corrected chi connectivity index (χ1v) is 16.9. The van der Waals surface area contributed by atoms with Crippen molar-refractivity contribution in [2.75, 3.05) is 6.61 Å². The molecule has 2 aromatic heterocycles. The SMILES string of the molecule is CC1(C)O[C@@H]2[C@@H](C(=O)c3ccc(Cl)cc3[C@@H](F)CO[Si](C)(C)C(C)(C)C)OC(n3ccc4c(Cl)ncnc43)[C@@H]2O1. The number of carbonyl (C=O) groups is 1. The molecule has 0 spiro atoms. The van der Waals surface area contributed by atoms with Gasteiger partial charge in [0.1, 0.15) is 35.5 Å². The van der Waals surface area contributed by atoms with Crippen LogP contribution in [-0.2, 0) is 18.6 Å².